The largest absolute Gasteiger partial charge is 0.392 e. The van der Waals surface area contributed by atoms with Crippen LogP contribution in [0.15, 0.2) is 18.2 Å². The Morgan fingerprint density at radius 1 is 1.22 bits per heavy atom. The highest BCUT2D eigenvalue weighted by Crippen LogP contribution is 2.40. The van der Waals surface area contributed by atoms with Crippen LogP contribution in [0.1, 0.15) is 37.7 Å². The van der Waals surface area contributed by atoms with E-state index in [1.54, 1.807) is 0 Å². The van der Waals surface area contributed by atoms with Crippen molar-refractivity contribution in [2.24, 2.45) is 5.92 Å². The highest BCUT2D eigenvalue weighted by molar-refractivity contribution is 6.30. The van der Waals surface area contributed by atoms with Crippen molar-refractivity contribution in [3.63, 3.8) is 0 Å². The number of aliphatic hydroxyl groups excluding tert-OH is 1. The maximum atomic E-state index is 9.53. The van der Waals surface area contributed by atoms with E-state index in [0.717, 1.165) is 18.0 Å². The first-order chi connectivity index (χ1) is 8.79. The minimum Gasteiger partial charge on any atom is -0.392 e. The lowest BCUT2D eigenvalue weighted by Crippen LogP contribution is -2.43. The van der Waals surface area contributed by atoms with Crippen LogP contribution in [0.3, 0.4) is 0 Å². The standard InChI is InChI=1S/C15H20ClNO/c16-13-6-7-15(12(9-13)10-18)17-8-2-4-11-3-1-5-14(11)17/h6-7,9,11,14,18H,1-5,8,10H2. The van der Waals surface area contributed by atoms with E-state index in [-0.39, 0.29) is 6.61 Å². The summed E-state index contributed by atoms with van der Waals surface area (Å²) in [5, 5.41) is 10.2. The molecule has 0 amide bonds. The molecular weight excluding hydrogens is 246 g/mol. The van der Waals surface area contributed by atoms with E-state index < -0.39 is 0 Å². The molecule has 1 aliphatic heterocycles. The summed E-state index contributed by atoms with van der Waals surface area (Å²) in [6.45, 7) is 1.19. The summed E-state index contributed by atoms with van der Waals surface area (Å²) in [6.07, 6.45) is 6.69. The lowest BCUT2D eigenvalue weighted by Gasteiger charge is -2.40. The second kappa shape index (κ2) is 5.10. The summed E-state index contributed by atoms with van der Waals surface area (Å²) in [4.78, 5) is 2.52. The van der Waals surface area contributed by atoms with Crippen LogP contribution in [0.4, 0.5) is 5.69 Å². The van der Waals surface area contributed by atoms with Crippen LogP contribution in [-0.2, 0) is 6.61 Å². The van der Waals surface area contributed by atoms with Gasteiger partial charge in [0.15, 0.2) is 0 Å². The van der Waals surface area contributed by atoms with Gasteiger partial charge >= 0.3 is 0 Å². The number of hydrogen-bond acceptors (Lipinski definition) is 2. The number of anilines is 1. The second-order valence-corrected chi connectivity index (χ2v) is 5.96. The third kappa shape index (κ3) is 2.12. The molecule has 1 aliphatic carbocycles. The van der Waals surface area contributed by atoms with Crippen molar-refractivity contribution in [2.75, 3.05) is 11.4 Å². The Morgan fingerprint density at radius 2 is 2.06 bits per heavy atom. The highest BCUT2D eigenvalue weighted by Gasteiger charge is 2.35. The van der Waals surface area contributed by atoms with Crippen LogP contribution >= 0.6 is 11.6 Å². The summed E-state index contributed by atoms with van der Waals surface area (Å²) < 4.78 is 0. The maximum absolute atomic E-state index is 9.53. The Bertz CT molecular complexity index is 435. The summed E-state index contributed by atoms with van der Waals surface area (Å²) in [5.41, 5.74) is 2.16. The zero-order valence-corrected chi connectivity index (χ0v) is 11.4. The average molecular weight is 266 g/mol. The molecule has 0 spiro atoms. The van der Waals surface area contributed by atoms with E-state index in [0.29, 0.717) is 11.1 Å². The fourth-order valence-corrected chi connectivity index (χ4v) is 3.91. The molecule has 2 fully saturated rings. The number of nitrogens with zero attached hydrogens (tertiary/aromatic N) is 1. The van der Waals surface area contributed by atoms with Crippen molar-refractivity contribution in [3.8, 4) is 0 Å². The third-order valence-electron chi connectivity index (χ3n) is 4.51. The number of aliphatic hydroxyl groups is 1. The molecule has 1 saturated carbocycles. The van der Waals surface area contributed by atoms with E-state index in [4.69, 9.17) is 11.6 Å². The summed E-state index contributed by atoms with van der Waals surface area (Å²) in [6, 6.07) is 6.60. The van der Waals surface area contributed by atoms with Crippen molar-refractivity contribution in [3.05, 3.63) is 28.8 Å². The fraction of sp³-hybridized carbons (Fsp3) is 0.600. The maximum Gasteiger partial charge on any atom is 0.0702 e. The molecule has 1 N–H and O–H groups in total. The molecule has 1 saturated heterocycles. The van der Waals surface area contributed by atoms with E-state index >= 15 is 0 Å². The van der Waals surface area contributed by atoms with Crippen LogP contribution in [0.25, 0.3) is 0 Å². The van der Waals surface area contributed by atoms with Gasteiger partial charge in [0.2, 0.25) is 0 Å². The van der Waals surface area contributed by atoms with Gasteiger partial charge in [-0.25, -0.2) is 0 Å². The normalized spacial score (nSPS) is 27.3. The van der Waals surface area contributed by atoms with Gasteiger partial charge in [-0.3, -0.25) is 0 Å². The molecule has 0 radical (unpaired) electrons. The summed E-state index contributed by atoms with van der Waals surface area (Å²) in [5.74, 6) is 0.862. The molecule has 0 bridgehead atoms. The van der Waals surface area contributed by atoms with Crippen LogP contribution in [0.5, 0.6) is 0 Å². The van der Waals surface area contributed by atoms with E-state index in [9.17, 15) is 5.11 Å². The first kappa shape index (κ1) is 12.3. The van der Waals surface area contributed by atoms with Gasteiger partial charge in [-0.1, -0.05) is 18.0 Å². The predicted molar refractivity (Wildman–Crippen MR) is 75.1 cm³/mol. The van der Waals surface area contributed by atoms with Crippen molar-refractivity contribution in [1.82, 2.24) is 0 Å². The van der Waals surface area contributed by atoms with Gasteiger partial charge in [0.25, 0.3) is 0 Å². The quantitative estimate of drug-likeness (QED) is 0.883. The number of rotatable bonds is 2. The molecule has 3 heteroatoms. The van der Waals surface area contributed by atoms with Gasteiger partial charge in [-0.05, 0) is 49.8 Å². The smallest absolute Gasteiger partial charge is 0.0702 e. The zero-order valence-electron chi connectivity index (χ0n) is 10.6. The molecule has 98 valence electrons. The molecule has 2 nitrogen and oxygen atoms in total. The van der Waals surface area contributed by atoms with Crippen molar-refractivity contribution >= 4 is 17.3 Å². The van der Waals surface area contributed by atoms with Crippen LogP contribution in [0, 0.1) is 5.92 Å². The van der Waals surface area contributed by atoms with E-state index in [1.165, 1.54) is 37.8 Å². The lowest BCUT2D eigenvalue weighted by molar-refractivity contribution is 0.280. The van der Waals surface area contributed by atoms with Crippen molar-refractivity contribution in [2.45, 2.75) is 44.8 Å². The zero-order chi connectivity index (χ0) is 12.5. The molecule has 2 aliphatic rings. The van der Waals surface area contributed by atoms with Gasteiger partial charge in [0, 0.05) is 28.9 Å². The van der Waals surface area contributed by atoms with Gasteiger partial charge in [-0.2, -0.15) is 0 Å². The third-order valence-corrected chi connectivity index (χ3v) is 4.75. The van der Waals surface area contributed by atoms with E-state index in [1.807, 2.05) is 12.1 Å². The molecule has 1 heterocycles. The molecule has 1 aromatic carbocycles. The Balaban J connectivity index is 1.93. The Kier molecular flexibility index (Phi) is 3.49. The molecule has 2 atom stereocenters. The first-order valence-electron chi connectivity index (χ1n) is 6.95. The molecule has 2 unspecified atom stereocenters. The van der Waals surface area contributed by atoms with Crippen LogP contribution in [-0.4, -0.2) is 17.7 Å². The van der Waals surface area contributed by atoms with Crippen molar-refractivity contribution < 1.29 is 5.11 Å². The first-order valence-corrected chi connectivity index (χ1v) is 7.33. The molecular formula is C15H20ClNO. The monoisotopic (exact) mass is 265 g/mol. The molecule has 1 aromatic rings. The number of fused-ring (bicyclic) bond motifs is 1. The minimum absolute atomic E-state index is 0.0732. The predicted octanol–water partition coefficient (Wildman–Crippen LogP) is 3.60. The SMILES string of the molecule is OCc1cc(Cl)ccc1N1CCCC2CCCC21. The minimum atomic E-state index is 0.0732. The Hall–Kier alpha value is -0.730. The lowest BCUT2D eigenvalue weighted by atomic mass is 9.91. The molecule has 18 heavy (non-hydrogen) atoms. The van der Waals surface area contributed by atoms with Crippen LogP contribution in [0.2, 0.25) is 5.02 Å². The number of piperidine rings is 1. The number of hydrogen-bond donors (Lipinski definition) is 1. The van der Waals surface area contributed by atoms with Gasteiger partial charge in [-0.15, -0.1) is 0 Å². The fourth-order valence-electron chi connectivity index (χ4n) is 3.71. The van der Waals surface area contributed by atoms with Gasteiger partial charge < -0.3 is 10.0 Å². The van der Waals surface area contributed by atoms with Crippen LogP contribution < -0.4 is 4.90 Å². The van der Waals surface area contributed by atoms with Gasteiger partial charge in [0.1, 0.15) is 0 Å². The summed E-state index contributed by atoms with van der Waals surface area (Å²) >= 11 is 6.02. The number of halogens is 1. The Labute approximate surface area is 114 Å². The number of benzene rings is 1. The van der Waals surface area contributed by atoms with Gasteiger partial charge in [0.05, 0.1) is 6.61 Å². The molecule has 3 rings (SSSR count). The Morgan fingerprint density at radius 3 is 2.89 bits per heavy atom. The van der Waals surface area contributed by atoms with Crippen molar-refractivity contribution in [1.29, 1.82) is 0 Å². The average Bonchev–Trinajstić information content (AvgIpc) is 2.86. The molecule has 0 aromatic heterocycles. The summed E-state index contributed by atoms with van der Waals surface area (Å²) in [7, 11) is 0. The topological polar surface area (TPSA) is 23.5 Å². The highest BCUT2D eigenvalue weighted by atomic mass is 35.5. The second-order valence-electron chi connectivity index (χ2n) is 5.53. The van der Waals surface area contributed by atoms with E-state index in [2.05, 4.69) is 11.0 Å².